The zero-order chi connectivity index (χ0) is 14.7. The van der Waals surface area contributed by atoms with Gasteiger partial charge < -0.3 is 0 Å². The molecule has 0 aliphatic carbocycles. The Balaban J connectivity index is 2.17. The van der Waals surface area contributed by atoms with Crippen LogP contribution in [0.15, 0.2) is 46.9 Å². The van der Waals surface area contributed by atoms with Gasteiger partial charge in [-0.05, 0) is 34.0 Å². The molecule has 2 rings (SSSR count). The first kappa shape index (κ1) is 15.1. The van der Waals surface area contributed by atoms with Crippen molar-refractivity contribution in [2.75, 3.05) is 0 Å². The predicted octanol–water partition coefficient (Wildman–Crippen LogP) is 5.18. The fraction of sp³-hybridized carbons (Fsp3) is 0.143. The Morgan fingerprint density at radius 2 is 1.85 bits per heavy atom. The number of hydrogen-bond donors (Lipinski definition) is 0. The van der Waals surface area contributed by atoms with Crippen LogP contribution in [0, 0.1) is 15.9 Å². The SMILES string of the molecule is O=[N+]([O-])c1ccc(CC(Br)c2cccc(Br)c2F)cc1. The molecule has 0 bridgehead atoms. The van der Waals surface area contributed by atoms with E-state index >= 15 is 0 Å². The molecule has 0 amide bonds. The molecular formula is C14H10Br2FNO2. The summed E-state index contributed by atoms with van der Waals surface area (Å²) in [7, 11) is 0. The molecule has 1 atom stereocenters. The highest BCUT2D eigenvalue weighted by atomic mass is 79.9. The van der Waals surface area contributed by atoms with Crippen molar-refractivity contribution in [1.82, 2.24) is 0 Å². The number of nitro benzene ring substituents is 1. The third-order valence-corrected chi connectivity index (χ3v) is 4.31. The molecule has 0 aliphatic rings. The topological polar surface area (TPSA) is 43.1 Å². The van der Waals surface area contributed by atoms with Gasteiger partial charge in [0.2, 0.25) is 0 Å². The minimum absolute atomic E-state index is 0.0495. The summed E-state index contributed by atoms with van der Waals surface area (Å²) in [5, 5.41) is 10.6. The molecule has 1 unspecified atom stereocenters. The minimum Gasteiger partial charge on any atom is -0.258 e. The van der Waals surface area contributed by atoms with E-state index in [1.165, 1.54) is 12.1 Å². The molecule has 3 nitrogen and oxygen atoms in total. The van der Waals surface area contributed by atoms with Gasteiger partial charge in [-0.3, -0.25) is 10.1 Å². The number of benzene rings is 2. The molecule has 2 aromatic carbocycles. The molecule has 2 aromatic rings. The predicted molar refractivity (Wildman–Crippen MR) is 82.6 cm³/mol. The lowest BCUT2D eigenvalue weighted by molar-refractivity contribution is -0.384. The molecule has 0 fully saturated rings. The van der Waals surface area contributed by atoms with E-state index in [2.05, 4.69) is 31.9 Å². The molecule has 20 heavy (non-hydrogen) atoms. The van der Waals surface area contributed by atoms with E-state index in [0.717, 1.165) is 5.56 Å². The molecule has 104 valence electrons. The van der Waals surface area contributed by atoms with Gasteiger partial charge in [-0.25, -0.2) is 4.39 Å². The van der Waals surface area contributed by atoms with Crippen molar-refractivity contribution < 1.29 is 9.31 Å². The third kappa shape index (κ3) is 3.43. The largest absolute Gasteiger partial charge is 0.269 e. The van der Waals surface area contributed by atoms with Gasteiger partial charge in [0.15, 0.2) is 0 Å². The van der Waals surface area contributed by atoms with E-state index in [4.69, 9.17) is 0 Å². The van der Waals surface area contributed by atoms with Crippen LogP contribution in [-0.4, -0.2) is 4.92 Å². The number of non-ortho nitro benzene ring substituents is 1. The lowest BCUT2D eigenvalue weighted by atomic mass is 10.0. The first-order valence-electron chi connectivity index (χ1n) is 5.80. The number of hydrogen-bond acceptors (Lipinski definition) is 2. The van der Waals surface area contributed by atoms with Crippen LogP contribution in [0.25, 0.3) is 0 Å². The van der Waals surface area contributed by atoms with Gasteiger partial charge in [0.05, 0.1) is 9.40 Å². The Kier molecular flexibility index (Phi) is 4.88. The Bertz CT molecular complexity index is 632. The Labute approximate surface area is 132 Å². The van der Waals surface area contributed by atoms with Gasteiger partial charge in [0.25, 0.3) is 5.69 Å². The van der Waals surface area contributed by atoms with Gasteiger partial charge in [0, 0.05) is 22.5 Å². The normalized spacial score (nSPS) is 12.2. The van der Waals surface area contributed by atoms with Crippen molar-refractivity contribution in [2.45, 2.75) is 11.2 Å². The maximum Gasteiger partial charge on any atom is 0.269 e. The fourth-order valence-electron chi connectivity index (χ4n) is 1.83. The summed E-state index contributed by atoms with van der Waals surface area (Å²) in [6.07, 6.45) is 0.547. The smallest absolute Gasteiger partial charge is 0.258 e. The van der Waals surface area contributed by atoms with Crippen molar-refractivity contribution in [3.63, 3.8) is 0 Å². The van der Waals surface area contributed by atoms with E-state index < -0.39 is 4.92 Å². The second kappa shape index (κ2) is 6.45. The number of halogens is 3. The van der Waals surface area contributed by atoms with Gasteiger partial charge in [-0.15, -0.1) is 0 Å². The number of alkyl halides is 1. The van der Waals surface area contributed by atoms with Crippen LogP contribution < -0.4 is 0 Å². The second-order valence-electron chi connectivity index (χ2n) is 4.24. The van der Waals surface area contributed by atoms with Crippen LogP contribution in [0.4, 0.5) is 10.1 Å². The molecule has 0 aromatic heterocycles. The van der Waals surface area contributed by atoms with Crippen LogP contribution in [0.2, 0.25) is 0 Å². The molecule has 0 spiro atoms. The van der Waals surface area contributed by atoms with Crippen LogP contribution in [0.1, 0.15) is 16.0 Å². The second-order valence-corrected chi connectivity index (χ2v) is 6.20. The summed E-state index contributed by atoms with van der Waals surface area (Å²) >= 11 is 6.61. The molecule has 0 saturated carbocycles. The quantitative estimate of drug-likeness (QED) is 0.402. The van der Waals surface area contributed by atoms with E-state index in [0.29, 0.717) is 16.5 Å². The molecule has 0 radical (unpaired) electrons. The van der Waals surface area contributed by atoms with E-state index in [-0.39, 0.29) is 16.3 Å². The highest BCUT2D eigenvalue weighted by Gasteiger charge is 2.15. The maximum absolute atomic E-state index is 14.0. The summed E-state index contributed by atoms with van der Waals surface area (Å²) < 4.78 is 14.4. The van der Waals surface area contributed by atoms with Crippen LogP contribution in [-0.2, 0) is 6.42 Å². The molecule has 0 saturated heterocycles. The average molecular weight is 403 g/mol. The molecule has 0 aliphatic heterocycles. The lowest BCUT2D eigenvalue weighted by Crippen LogP contribution is -1.99. The van der Waals surface area contributed by atoms with Gasteiger partial charge >= 0.3 is 0 Å². The number of nitrogens with zero attached hydrogens (tertiary/aromatic N) is 1. The van der Waals surface area contributed by atoms with Crippen molar-refractivity contribution in [3.8, 4) is 0 Å². The lowest BCUT2D eigenvalue weighted by Gasteiger charge is -2.12. The Morgan fingerprint density at radius 3 is 2.45 bits per heavy atom. The summed E-state index contributed by atoms with van der Waals surface area (Å²) in [4.78, 5) is 9.95. The first-order chi connectivity index (χ1) is 9.49. The average Bonchev–Trinajstić information content (AvgIpc) is 2.42. The molecular weight excluding hydrogens is 393 g/mol. The summed E-state index contributed by atoms with van der Waals surface area (Å²) in [5.74, 6) is -0.295. The zero-order valence-electron chi connectivity index (χ0n) is 10.2. The summed E-state index contributed by atoms with van der Waals surface area (Å²) in [6.45, 7) is 0. The summed E-state index contributed by atoms with van der Waals surface area (Å²) in [6, 6.07) is 11.4. The fourth-order valence-corrected chi connectivity index (χ4v) is 2.94. The van der Waals surface area contributed by atoms with Crippen molar-refractivity contribution >= 4 is 37.5 Å². The third-order valence-electron chi connectivity index (χ3n) is 2.88. The van der Waals surface area contributed by atoms with E-state index in [1.807, 2.05) is 0 Å². The maximum atomic E-state index is 14.0. The minimum atomic E-state index is -0.441. The number of rotatable bonds is 4. The van der Waals surface area contributed by atoms with E-state index in [9.17, 15) is 14.5 Å². The van der Waals surface area contributed by atoms with Crippen LogP contribution in [0.3, 0.4) is 0 Å². The van der Waals surface area contributed by atoms with Crippen molar-refractivity contribution in [3.05, 3.63) is 74.0 Å². The summed E-state index contributed by atoms with van der Waals surface area (Å²) in [5.41, 5.74) is 1.50. The molecule has 0 N–H and O–H groups in total. The van der Waals surface area contributed by atoms with Crippen molar-refractivity contribution in [1.29, 1.82) is 0 Å². The first-order valence-corrected chi connectivity index (χ1v) is 7.51. The monoisotopic (exact) mass is 401 g/mol. The van der Waals surface area contributed by atoms with Crippen LogP contribution >= 0.6 is 31.9 Å². The van der Waals surface area contributed by atoms with Gasteiger partial charge in [-0.2, -0.15) is 0 Å². The molecule has 6 heteroatoms. The van der Waals surface area contributed by atoms with Crippen LogP contribution in [0.5, 0.6) is 0 Å². The Hall–Kier alpha value is -1.27. The standard InChI is InChI=1S/C14H10Br2FNO2/c15-12-3-1-2-11(14(12)17)13(16)8-9-4-6-10(7-5-9)18(19)20/h1-7,13H,8H2. The van der Waals surface area contributed by atoms with Gasteiger partial charge in [0.1, 0.15) is 5.82 Å². The van der Waals surface area contributed by atoms with Gasteiger partial charge in [-0.1, -0.05) is 40.2 Å². The number of nitro groups is 1. The highest BCUT2D eigenvalue weighted by Crippen LogP contribution is 2.32. The zero-order valence-corrected chi connectivity index (χ0v) is 13.4. The molecule has 0 heterocycles. The van der Waals surface area contributed by atoms with E-state index in [1.54, 1.807) is 30.3 Å². The highest BCUT2D eigenvalue weighted by molar-refractivity contribution is 9.10. The Morgan fingerprint density at radius 1 is 1.20 bits per heavy atom. The van der Waals surface area contributed by atoms with Crippen molar-refractivity contribution in [2.24, 2.45) is 0 Å².